The van der Waals surface area contributed by atoms with Gasteiger partial charge in [-0.25, -0.2) is 4.79 Å². The number of hydrogen-bond donors (Lipinski definition) is 0. The molecular formula is C19H20N2O6. The van der Waals surface area contributed by atoms with Crippen LogP contribution in [0.5, 0.6) is 5.75 Å². The van der Waals surface area contributed by atoms with Crippen LogP contribution in [0.3, 0.4) is 0 Å². The molecule has 142 valence electrons. The van der Waals surface area contributed by atoms with Gasteiger partial charge in [0.15, 0.2) is 6.61 Å². The summed E-state index contributed by atoms with van der Waals surface area (Å²) in [5, 5.41) is 10.6. The van der Waals surface area contributed by atoms with E-state index in [2.05, 4.69) is 0 Å². The minimum Gasteiger partial charge on any atom is -0.494 e. The van der Waals surface area contributed by atoms with Gasteiger partial charge >= 0.3 is 5.97 Å². The van der Waals surface area contributed by atoms with Crippen LogP contribution in [0.25, 0.3) is 0 Å². The minimum atomic E-state index is -0.715. The Morgan fingerprint density at radius 2 is 1.70 bits per heavy atom. The second kappa shape index (κ2) is 9.33. The van der Waals surface area contributed by atoms with Crippen molar-refractivity contribution < 1.29 is 24.0 Å². The first kappa shape index (κ1) is 19.9. The molecule has 0 N–H and O–H groups in total. The number of ether oxygens (including phenoxy) is 2. The Bertz CT molecular complexity index is 802. The van der Waals surface area contributed by atoms with Crippen LogP contribution in [0, 0.1) is 10.1 Å². The molecule has 0 saturated heterocycles. The van der Waals surface area contributed by atoms with Crippen LogP contribution in [0.2, 0.25) is 0 Å². The number of non-ortho nitro benzene ring substituents is 1. The fraction of sp³-hybridized carbons (Fsp3) is 0.263. The highest BCUT2D eigenvalue weighted by atomic mass is 16.6. The zero-order valence-electron chi connectivity index (χ0n) is 15.1. The van der Waals surface area contributed by atoms with E-state index in [0.29, 0.717) is 13.2 Å². The molecule has 2 rings (SSSR count). The van der Waals surface area contributed by atoms with Crippen molar-refractivity contribution in [1.82, 2.24) is 4.90 Å². The molecule has 27 heavy (non-hydrogen) atoms. The molecule has 0 bridgehead atoms. The van der Waals surface area contributed by atoms with Gasteiger partial charge in [-0.1, -0.05) is 12.1 Å². The minimum absolute atomic E-state index is 0.127. The number of nitro benzene ring substituents is 1. The van der Waals surface area contributed by atoms with Gasteiger partial charge in [-0.05, 0) is 36.8 Å². The third kappa shape index (κ3) is 5.81. The molecule has 0 fully saturated rings. The number of likely N-dealkylation sites (N-methyl/N-ethyl adjacent to an activating group) is 1. The first-order valence-corrected chi connectivity index (χ1v) is 8.28. The van der Waals surface area contributed by atoms with E-state index in [9.17, 15) is 19.7 Å². The van der Waals surface area contributed by atoms with E-state index >= 15 is 0 Å². The van der Waals surface area contributed by atoms with Crippen LogP contribution >= 0.6 is 0 Å². The van der Waals surface area contributed by atoms with Crippen molar-refractivity contribution in [1.29, 1.82) is 0 Å². The fourth-order valence-electron chi connectivity index (χ4n) is 2.26. The smallest absolute Gasteiger partial charge is 0.338 e. The summed E-state index contributed by atoms with van der Waals surface area (Å²) < 4.78 is 10.3. The van der Waals surface area contributed by atoms with Gasteiger partial charge in [0.25, 0.3) is 11.6 Å². The molecule has 0 unspecified atom stereocenters. The summed E-state index contributed by atoms with van der Waals surface area (Å²) in [5.74, 6) is -0.320. The van der Waals surface area contributed by atoms with Gasteiger partial charge in [0.1, 0.15) is 5.75 Å². The van der Waals surface area contributed by atoms with Crippen molar-refractivity contribution >= 4 is 17.6 Å². The highest BCUT2D eigenvalue weighted by Crippen LogP contribution is 2.14. The summed E-state index contributed by atoms with van der Waals surface area (Å²) in [6.45, 7) is 2.43. The number of hydrogen-bond acceptors (Lipinski definition) is 6. The number of benzene rings is 2. The van der Waals surface area contributed by atoms with Crippen LogP contribution in [-0.2, 0) is 16.1 Å². The topological polar surface area (TPSA) is 99.0 Å². The third-order valence-electron chi connectivity index (χ3n) is 3.72. The number of esters is 1. The first-order valence-electron chi connectivity index (χ1n) is 8.28. The Morgan fingerprint density at radius 1 is 1.07 bits per heavy atom. The molecule has 0 heterocycles. The standard InChI is InChI=1S/C19H20N2O6/c1-3-26-17-10-4-14(5-11-17)12-20(2)18(22)13-27-19(23)15-6-8-16(9-7-15)21(24)25/h4-11H,3,12-13H2,1-2H3. The number of amides is 1. The monoisotopic (exact) mass is 372 g/mol. The first-order chi connectivity index (χ1) is 12.9. The molecule has 0 atom stereocenters. The van der Waals surface area contributed by atoms with Gasteiger partial charge in [0.2, 0.25) is 0 Å². The zero-order valence-corrected chi connectivity index (χ0v) is 15.1. The number of rotatable bonds is 8. The number of carbonyl (C=O) groups excluding carboxylic acids is 2. The number of nitro groups is 1. The average molecular weight is 372 g/mol. The van der Waals surface area contributed by atoms with Gasteiger partial charge in [0, 0.05) is 25.7 Å². The van der Waals surface area contributed by atoms with Crippen LogP contribution in [0.15, 0.2) is 48.5 Å². The van der Waals surface area contributed by atoms with E-state index in [1.165, 1.54) is 29.2 Å². The molecular weight excluding hydrogens is 352 g/mol. The second-order valence-corrected chi connectivity index (χ2v) is 5.71. The lowest BCUT2D eigenvalue weighted by Crippen LogP contribution is -2.30. The molecule has 0 aliphatic carbocycles. The predicted molar refractivity (Wildman–Crippen MR) is 97.5 cm³/mol. The van der Waals surface area contributed by atoms with Crippen molar-refractivity contribution in [3.8, 4) is 5.75 Å². The average Bonchev–Trinajstić information content (AvgIpc) is 2.67. The van der Waals surface area contributed by atoms with E-state index in [1.54, 1.807) is 7.05 Å². The molecule has 0 saturated carbocycles. The Kier molecular flexibility index (Phi) is 6.87. The molecule has 0 aliphatic heterocycles. The second-order valence-electron chi connectivity index (χ2n) is 5.71. The molecule has 2 aromatic rings. The Balaban J connectivity index is 1.84. The van der Waals surface area contributed by atoms with E-state index in [-0.39, 0.29) is 17.2 Å². The molecule has 0 radical (unpaired) electrons. The highest BCUT2D eigenvalue weighted by Gasteiger charge is 2.15. The van der Waals surface area contributed by atoms with Crippen molar-refractivity contribution in [2.75, 3.05) is 20.3 Å². The van der Waals surface area contributed by atoms with Crippen molar-refractivity contribution in [2.24, 2.45) is 0 Å². The van der Waals surface area contributed by atoms with E-state index in [0.717, 1.165) is 11.3 Å². The van der Waals surface area contributed by atoms with Crippen LogP contribution in [0.4, 0.5) is 5.69 Å². The van der Waals surface area contributed by atoms with Crippen molar-refractivity contribution in [2.45, 2.75) is 13.5 Å². The van der Waals surface area contributed by atoms with Gasteiger partial charge in [-0.15, -0.1) is 0 Å². The van der Waals surface area contributed by atoms with E-state index in [4.69, 9.17) is 9.47 Å². The summed E-state index contributed by atoms with van der Waals surface area (Å²) in [5.41, 5.74) is 0.927. The lowest BCUT2D eigenvalue weighted by Gasteiger charge is -2.17. The predicted octanol–water partition coefficient (Wildman–Crippen LogP) is 2.81. The molecule has 0 aromatic heterocycles. The summed E-state index contributed by atoms with van der Waals surface area (Å²) in [6.07, 6.45) is 0. The summed E-state index contributed by atoms with van der Waals surface area (Å²) >= 11 is 0. The van der Waals surface area contributed by atoms with Gasteiger partial charge in [-0.3, -0.25) is 14.9 Å². The van der Waals surface area contributed by atoms with Crippen LogP contribution in [-0.4, -0.2) is 42.0 Å². The molecule has 0 spiro atoms. The maximum absolute atomic E-state index is 12.1. The largest absolute Gasteiger partial charge is 0.494 e. The van der Waals surface area contributed by atoms with Gasteiger partial charge in [0.05, 0.1) is 17.1 Å². The Labute approximate surface area is 156 Å². The SMILES string of the molecule is CCOc1ccc(CN(C)C(=O)COC(=O)c2ccc([N+](=O)[O-])cc2)cc1. The van der Waals surface area contributed by atoms with Crippen LogP contribution < -0.4 is 4.74 Å². The summed E-state index contributed by atoms with van der Waals surface area (Å²) in [4.78, 5) is 35.6. The van der Waals surface area contributed by atoms with Crippen molar-refractivity contribution in [3.63, 3.8) is 0 Å². The van der Waals surface area contributed by atoms with Gasteiger partial charge < -0.3 is 14.4 Å². The summed E-state index contributed by atoms with van der Waals surface area (Å²) in [6, 6.07) is 12.4. The van der Waals surface area contributed by atoms with E-state index < -0.39 is 17.5 Å². The zero-order chi connectivity index (χ0) is 19.8. The molecule has 1 amide bonds. The van der Waals surface area contributed by atoms with E-state index in [1.807, 2.05) is 31.2 Å². The Morgan fingerprint density at radius 3 is 2.26 bits per heavy atom. The molecule has 0 aliphatic rings. The van der Waals surface area contributed by atoms with Crippen molar-refractivity contribution in [3.05, 3.63) is 69.8 Å². The molecule has 2 aromatic carbocycles. The fourth-order valence-corrected chi connectivity index (χ4v) is 2.26. The van der Waals surface area contributed by atoms with Crippen LogP contribution in [0.1, 0.15) is 22.8 Å². The number of carbonyl (C=O) groups is 2. The highest BCUT2D eigenvalue weighted by molar-refractivity contribution is 5.91. The third-order valence-corrected chi connectivity index (χ3v) is 3.72. The molecule has 8 nitrogen and oxygen atoms in total. The quantitative estimate of drug-likeness (QED) is 0.401. The Hall–Kier alpha value is -3.42. The lowest BCUT2D eigenvalue weighted by atomic mass is 10.2. The maximum Gasteiger partial charge on any atom is 0.338 e. The number of nitrogens with zero attached hydrogens (tertiary/aromatic N) is 2. The molecule has 8 heteroatoms. The normalized spacial score (nSPS) is 10.1. The maximum atomic E-state index is 12.1. The van der Waals surface area contributed by atoms with Gasteiger partial charge in [-0.2, -0.15) is 0 Å². The summed E-state index contributed by atoms with van der Waals surface area (Å²) in [7, 11) is 1.61. The lowest BCUT2D eigenvalue weighted by molar-refractivity contribution is -0.384.